The van der Waals surface area contributed by atoms with Crippen molar-refractivity contribution in [3.05, 3.63) is 21.3 Å². The van der Waals surface area contributed by atoms with Gasteiger partial charge in [-0.1, -0.05) is 0 Å². The molecule has 0 radical (unpaired) electrons. The molecule has 1 aromatic rings. The standard InChI is InChI=1S/C13H20INO3/c1-13(2,8-16)15-7-9-5-10(14)12(18-4)11(6-9)17-3/h5-6,15-16H,7-8H2,1-4H3/p+1. The number of quaternary nitrogens is 1. The Morgan fingerprint density at radius 3 is 2.44 bits per heavy atom. The second kappa shape index (κ2) is 6.58. The number of rotatable bonds is 6. The molecule has 1 rings (SSSR count). The summed E-state index contributed by atoms with van der Waals surface area (Å²) in [5.74, 6) is 1.51. The topological polar surface area (TPSA) is 55.3 Å². The molecule has 5 heteroatoms. The summed E-state index contributed by atoms with van der Waals surface area (Å²) in [5.41, 5.74) is 0.983. The normalized spacial score (nSPS) is 11.4. The molecule has 18 heavy (non-hydrogen) atoms. The number of ether oxygens (including phenoxy) is 2. The lowest BCUT2D eigenvalue weighted by Crippen LogP contribution is -2.95. The smallest absolute Gasteiger partial charge is 0.174 e. The van der Waals surface area contributed by atoms with Gasteiger partial charge >= 0.3 is 0 Å². The maximum atomic E-state index is 9.23. The van der Waals surface area contributed by atoms with E-state index in [1.807, 2.05) is 19.9 Å². The largest absolute Gasteiger partial charge is 0.493 e. The van der Waals surface area contributed by atoms with Crippen LogP contribution in [0, 0.1) is 3.57 Å². The quantitative estimate of drug-likeness (QED) is 0.743. The van der Waals surface area contributed by atoms with Crippen molar-refractivity contribution in [2.24, 2.45) is 0 Å². The number of hydrogen-bond donors (Lipinski definition) is 2. The summed E-state index contributed by atoms with van der Waals surface area (Å²) in [4.78, 5) is 0. The van der Waals surface area contributed by atoms with Gasteiger partial charge in [-0.15, -0.1) is 0 Å². The highest BCUT2D eigenvalue weighted by molar-refractivity contribution is 14.1. The van der Waals surface area contributed by atoms with E-state index in [0.717, 1.165) is 27.2 Å². The molecule has 3 N–H and O–H groups in total. The highest BCUT2D eigenvalue weighted by Crippen LogP contribution is 2.33. The lowest BCUT2D eigenvalue weighted by Gasteiger charge is -2.20. The maximum Gasteiger partial charge on any atom is 0.174 e. The summed E-state index contributed by atoms with van der Waals surface area (Å²) >= 11 is 2.24. The van der Waals surface area contributed by atoms with Gasteiger partial charge in [-0.2, -0.15) is 0 Å². The molecule has 0 spiro atoms. The fraction of sp³-hybridized carbons (Fsp3) is 0.538. The van der Waals surface area contributed by atoms with E-state index in [2.05, 4.69) is 34.0 Å². The van der Waals surface area contributed by atoms with Crippen molar-refractivity contribution in [3.8, 4) is 11.5 Å². The number of benzene rings is 1. The Morgan fingerprint density at radius 1 is 1.28 bits per heavy atom. The van der Waals surface area contributed by atoms with Crippen LogP contribution in [0.4, 0.5) is 0 Å². The van der Waals surface area contributed by atoms with Crippen LogP contribution >= 0.6 is 22.6 Å². The molecule has 0 heterocycles. The van der Waals surface area contributed by atoms with E-state index < -0.39 is 0 Å². The fourth-order valence-corrected chi connectivity index (χ4v) is 2.43. The zero-order valence-corrected chi connectivity index (χ0v) is 13.4. The molecule has 4 nitrogen and oxygen atoms in total. The first-order chi connectivity index (χ1) is 8.43. The average molecular weight is 366 g/mol. The van der Waals surface area contributed by atoms with Crippen molar-refractivity contribution < 1.29 is 19.9 Å². The van der Waals surface area contributed by atoms with Crippen LogP contribution in [0.25, 0.3) is 0 Å². The average Bonchev–Trinajstić information content (AvgIpc) is 2.35. The van der Waals surface area contributed by atoms with Crippen molar-refractivity contribution in [2.75, 3.05) is 20.8 Å². The van der Waals surface area contributed by atoms with Crippen molar-refractivity contribution in [1.82, 2.24) is 0 Å². The van der Waals surface area contributed by atoms with Crippen LogP contribution in [0.15, 0.2) is 12.1 Å². The molecule has 0 unspecified atom stereocenters. The van der Waals surface area contributed by atoms with Crippen molar-refractivity contribution in [1.29, 1.82) is 0 Å². The number of methoxy groups -OCH3 is 2. The number of aliphatic hydroxyl groups is 1. The minimum atomic E-state index is -0.168. The molecule has 0 bridgehead atoms. The number of hydrogen-bond acceptors (Lipinski definition) is 3. The Hall–Kier alpha value is -0.530. The fourth-order valence-electron chi connectivity index (χ4n) is 1.55. The van der Waals surface area contributed by atoms with Gasteiger partial charge in [0.25, 0.3) is 0 Å². The molecule has 0 aliphatic carbocycles. The minimum Gasteiger partial charge on any atom is -0.493 e. The van der Waals surface area contributed by atoms with Gasteiger partial charge in [-0.05, 0) is 48.6 Å². The third-order valence-electron chi connectivity index (χ3n) is 2.79. The van der Waals surface area contributed by atoms with Gasteiger partial charge in [0.15, 0.2) is 11.5 Å². The lowest BCUT2D eigenvalue weighted by atomic mass is 10.1. The van der Waals surface area contributed by atoms with Crippen molar-refractivity contribution in [3.63, 3.8) is 0 Å². The zero-order valence-electron chi connectivity index (χ0n) is 11.3. The Bertz CT molecular complexity index is 407. The summed E-state index contributed by atoms with van der Waals surface area (Å²) in [6.45, 7) is 4.97. The third-order valence-corrected chi connectivity index (χ3v) is 3.59. The molecule has 0 amide bonds. The molecule has 0 aliphatic heterocycles. The van der Waals surface area contributed by atoms with Gasteiger partial charge in [0.05, 0.1) is 24.4 Å². The van der Waals surface area contributed by atoms with Crippen LogP contribution in [0.2, 0.25) is 0 Å². The first-order valence-corrected chi connectivity index (χ1v) is 6.87. The number of aliphatic hydroxyl groups excluding tert-OH is 1. The van der Waals surface area contributed by atoms with Crippen LogP contribution < -0.4 is 14.8 Å². The summed E-state index contributed by atoms with van der Waals surface area (Å²) in [6, 6.07) is 4.05. The molecular formula is C13H21INO3+. The van der Waals surface area contributed by atoms with Crippen LogP contribution in [0.5, 0.6) is 11.5 Å². The van der Waals surface area contributed by atoms with E-state index >= 15 is 0 Å². The third kappa shape index (κ3) is 4.00. The first kappa shape index (κ1) is 15.5. The summed E-state index contributed by atoms with van der Waals surface area (Å²) in [5, 5.41) is 11.3. The van der Waals surface area contributed by atoms with E-state index in [0.29, 0.717) is 0 Å². The highest BCUT2D eigenvalue weighted by Gasteiger charge is 2.20. The van der Waals surface area contributed by atoms with Crippen LogP contribution in [0.3, 0.4) is 0 Å². The molecule has 1 aromatic carbocycles. The predicted molar refractivity (Wildman–Crippen MR) is 79.1 cm³/mol. The summed E-state index contributed by atoms with van der Waals surface area (Å²) in [7, 11) is 3.28. The molecule has 0 fully saturated rings. The Kier molecular flexibility index (Phi) is 5.68. The van der Waals surface area contributed by atoms with Gasteiger partial charge in [0, 0.05) is 5.56 Å². The Labute approximate surface area is 122 Å². The lowest BCUT2D eigenvalue weighted by molar-refractivity contribution is -0.736. The Morgan fingerprint density at radius 2 is 1.94 bits per heavy atom. The SMILES string of the molecule is COc1cc(C[NH2+]C(C)(C)CO)cc(I)c1OC. The zero-order chi connectivity index (χ0) is 13.8. The molecule has 0 saturated heterocycles. The predicted octanol–water partition coefficient (Wildman–Crippen LogP) is 1.14. The first-order valence-electron chi connectivity index (χ1n) is 5.79. The van der Waals surface area contributed by atoms with Gasteiger partial charge in [0.1, 0.15) is 12.1 Å². The van der Waals surface area contributed by atoms with Gasteiger partial charge in [-0.25, -0.2) is 0 Å². The summed E-state index contributed by atoms with van der Waals surface area (Å²) < 4.78 is 11.7. The molecule has 102 valence electrons. The minimum absolute atomic E-state index is 0.150. The van der Waals surface area contributed by atoms with Crippen LogP contribution in [-0.4, -0.2) is 31.5 Å². The molecular weight excluding hydrogens is 345 g/mol. The van der Waals surface area contributed by atoms with Gasteiger partial charge in [0.2, 0.25) is 0 Å². The summed E-state index contributed by atoms with van der Waals surface area (Å²) in [6.07, 6.45) is 0. The second-order valence-electron chi connectivity index (χ2n) is 4.87. The van der Waals surface area contributed by atoms with Crippen LogP contribution in [-0.2, 0) is 6.54 Å². The van der Waals surface area contributed by atoms with Crippen LogP contribution in [0.1, 0.15) is 19.4 Å². The van der Waals surface area contributed by atoms with E-state index in [1.54, 1.807) is 14.2 Å². The second-order valence-corrected chi connectivity index (χ2v) is 6.03. The number of nitrogens with two attached hydrogens (primary N) is 1. The van der Waals surface area contributed by atoms with Crippen molar-refractivity contribution >= 4 is 22.6 Å². The van der Waals surface area contributed by atoms with E-state index in [1.165, 1.54) is 0 Å². The van der Waals surface area contributed by atoms with Crippen molar-refractivity contribution in [2.45, 2.75) is 25.9 Å². The Balaban J connectivity index is 2.88. The molecule has 0 aromatic heterocycles. The van der Waals surface area contributed by atoms with Gasteiger partial charge < -0.3 is 19.9 Å². The van der Waals surface area contributed by atoms with E-state index in [-0.39, 0.29) is 12.1 Å². The van der Waals surface area contributed by atoms with E-state index in [4.69, 9.17) is 9.47 Å². The maximum absolute atomic E-state index is 9.23. The molecule has 0 atom stereocenters. The van der Waals surface area contributed by atoms with E-state index in [9.17, 15) is 5.11 Å². The van der Waals surface area contributed by atoms with Gasteiger partial charge in [-0.3, -0.25) is 0 Å². The molecule has 0 saturated carbocycles. The number of halogens is 1. The highest BCUT2D eigenvalue weighted by atomic mass is 127. The monoisotopic (exact) mass is 366 g/mol. The molecule has 0 aliphatic rings.